The number of hydrogen-bond acceptors (Lipinski definition) is 2. The number of unbranched alkanes of at least 4 members (excludes halogenated alkanes) is 3. The molecule has 19 heavy (non-hydrogen) atoms. The molecule has 0 bridgehead atoms. The van der Waals surface area contributed by atoms with E-state index in [1.54, 1.807) is 0 Å². The van der Waals surface area contributed by atoms with Crippen molar-refractivity contribution in [2.45, 2.75) is 52.1 Å². The van der Waals surface area contributed by atoms with Crippen LogP contribution in [0.5, 0.6) is 0 Å². The number of nitrogens with zero attached hydrogens (tertiary/aromatic N) is 1. The molecule has 0 radical (unpaired) electrons. The lowest BCUT2D eigenvalue weighted by molar-refractivity contribution is 0.316. The summed E-state index contributed by atoms with van der Waals surface area (Å²) in [6.45, 7) is 7.84. The molecule has 0 saturated heterocycles. The summed E-state index contributed by atoms with van der Waals surface area (Å²) in [6.07, 6.45) is 5.31. The Morgan fingerprint density at radius 1 is 1.00 bits per heavy atom. The van der Waals surface area contributed by atoms with Gasteiger partial charge >= 0.3 is 0 Å². The van der Waals surface area contributed by atoms with Gasteiger partial charge in [0, 0.05) is 12.6 Å². The van der Waals surface area contributed by atoms with Gasteiger partial charge in [-0.25, -0.2) is 0 Å². The van der Waals surface area contributed by atoms with Crippen molar-refractivity contribution in [3.8, 4) is 0 Å². The lowest BCUT2D eigenvalue weighted by Gasteiger charge is -2.16. The highest BCUT2D eigenvalue weighted by Gasteiger charge is 1.99. The minimum absolute atomic E-state index is 0.622. The molecular weight excluding hydrogens is 232 g/mol. The Morgan fingerprint density at radius 3 is 2.37 bits per heavy atom. The fourth-order valence-corrected chi connectivity index (χ4v) is 2.23. The molecule has 1 N–H and O–H groups in total. The molecule has 2 heteroatoms. The highest BCUT2D eigenvalue weighted by molar-refractivity contribution is 5.14. The summed E-state index contributed by atoms with van der Waals surface area (Å²) in [4.78, 5) is 2.42. The van der Waals surface area contributed by atoms with Crippen molar-refractivity contribution in [2.75, 3.05) is 20.1 Å². The van der Waals surface area contributed by atoms with E-state index in [4.69, 9.17) is 0 Å². The van der Waals surface area contributed by atoms with E-state index in [-0.39, 0.29) is 0 Å². The SMILES string of the molecule is CC(C)NCCCCCCN(C)Cc1ccccc1. The smallest absolute Gasteiger partial charge is 0.0230 e. The van der Waals surface area contributed by atoms with Crippen LogP contribution in [0.15, 0.2) is 30.3 Å². The molecule has 0 saturated carbocycles. The maximum Gasteiger partial charge on any atom is 0.0230 e. The zero-order valence-corrected chi connectivity index (χ0v) is 12.9. The molecule has 0 amide bonds. The number of rotatable bonds is 10. The minimum Gasteiger partial charge on any atom is -0.315 e. The van der Waals surface area contributed by atoms with Gasteiger partial charge in [-0.3, -0.25) is 0 Å². The fourth-order valence-electron chi connectivity index (χ4n) is 2.23. The Hall–Kier alpha value is -0.860. The highest BCUT2D eigenvalue weighted by Crippen LogP contribution is 2.05. The zero-order valence-electron chi connectivity index (χ0n) is 12.9. The Morgan fingerprint density at radius 2 is 1.68 bits per heavy atom. The third kappa shape index (κ3) is 8.79. The molecule has 0 aromatic heterocycles. The van der Waals surface area contributed by atoms with Crippen molar-refractivity contribution >= 4 is 0 Å². The van der Waals surface area contributed by atoms with Crippen LogP contribution in [0.2, 0.25) is 0 Å². The van der Waals surface area contributed by atoms with Crippen molar-refractivity contribution in [1.29, 1.82) is 0 Å². The maximum atomic E-state index is 3.47. The molecular formula is C17H30N2. The summed E-state index contributed by atoms with van der Waals surface area (Å²) in [7, 11) is 2.22. The Labute approximate surface area is 119 Å². The van der Waals surface area contributed by atoms with Gasteiger partial charge in [0.2, 0.25) is 0 Å². The lowest BCUT2D eigenvalue weighted by Crippen LogP contribution is -2.23. The van der Waals surface area contributed by atoms with Gasteiger partial charge in [0.25, 0.3) is 0 Å². The average molecular weight is 262 g/mol. The van der Waals surface area contributed by atoms with E-state index in [2.05, 4.69) is 61.4 Å². The Bertz CT molecular complexity index is 308. The van der Waals surface area contributed by atoms with Crippen LogP contribution in [0.4, 0.5) is 0 Å². The van der Waals surface area contributed by atoms with E-state index in [1.165, 1.54) is 37.8 Å². The quantitative estimate of drug-likeness (QED) is 0.647. The van der Waals surface area contributed by atoms with E-state index >= 15 is 0 Å². The number of hydrogen-bond donors (Lipinski definition) is 1. The van der Waals surface area contributed by atoms with Gasteiger partial charge in [-0.1, -0.05) is 57.0 Å². The predicted molar refractivity (Wildman–Crippen MR) is 84.4 cm³/mol. The average Bonchev–Trinajstić information content (AvgIpc) is 2.38. The molecule has 0 aliphatic carbocycles. The summed E-state index contributed by atoms with van der Waals surface area (Å²) in [5.74, 6) is 0. The standard InChI is InChI=1S/C17H30N2/c1-16(2)18-13-9-4-5-10-14-19(3)15-17-11-7-6-8-12-17/h6-8,11-12,16,18H,4-5,9-10,13-15H2,1-3H3. The predicted octanol–water partition coefficient (Wildman–Crippen LogP) is 3.68. The molecule has 1 aromatic rings. The normalized spacial score (nSPS) is 11.4. The first kappa shape index (κ1) is 16.2. The molecule has 0 aliphatic heterocycles. The number of nitrogens with one attached hydrogen (secondary N) is 1. The first-order valence-corrected chi connectivity index (χ1v) is 7.64. The van der Waals surface area contributed by atoms with E-state index in [0.29, 0.717) is 6.04 Å². The van der Waals surface area contributed by atoms with Gasteiger partial charge in [0.15, 0.2) is 0 Å². The Kier molecular flexibility index (Phi) is 8.52. The van der Waals surface area contributed by atoms with Crippen LogP contribution in [-0.2, 0) is 6.54 Å². The summed E-state index contributed by atoms with van der Waals surface area (Å²) in [5, 5.41) is 3.47. The molecule has 1 rings (SSSR count). The summed E-state index contributed by atoms with van der Waals surface area (Å²) in [5.41, 5.74) is 1.41. The van der Waals surface area contributed by atoms with Crippen molar-refractivity contribution in [1.82, 2.24) is 10.2 Å². The van der Waals surface area contributed by atoms with Gasteiger partial charge in [-0.15, -0.1) is 0 Å². The molecule has 0 unspecified atom stereocenters. The summed E-state index contributed by atoms with van der Waals surface area (Å²) < 4.78 is 0. The van der Waals surface area contributed by atoms with E-state index in [1.807, 2.05) is 0 Å². The van der Waals surface area contributed by atoms with Gasteiger partial charge in [0.1, 0.15) is 0 Å². The molecule has 0 atom stereocenters. The topological polar surface area (TPSA) is 15.3 Å². The molecule has 108 valence electrons. The lowest BCUT2D eigenvalue weighted by atomic mass is 10.1. The van der Waals surface area contributed by atoms with Gasteiger partial charge in [-0.05, 0) is 38.5 Å². The third-order valence-electron chi connectivity index (χ3n) is 3.31. The number of benzene rings is 1. The zero-order chi connectivity index (χ0) is 13.9. The van der Waals surface area contributed by atoms with Crippen molar-refractivity contribution < 1.29 is 0 Å². The minimum atomic E-state index is 0.622. The second-order valence-electron chi connectivity index (χ2n) is 5.75. The molecule has 0 aliphatic rings. The van der Waals surface area contributed by atoms with Crippen LogP contribution in [0.1, 0.15) is 45.1 Å². The van der Waals surface area contributed by atoms with Crippen LogP contribution in [0.25, 0.3) is 0 Å². The largest absolute Gasteiger partial charge is 0.315 e. The van der Waals surface area contributed by atoms with Crippen molar-refractivity contribution in [3.63, 3.8) is 0 Å². The van der Waals surface area contributed by atoms with Crippen LogP contribution in [-0.4, -0.2) is 31.1 Å². The van der Waals surface area contributed by atoms with Crippen LogP contribution in [0.3, 0.4) is 0 Å². The first-order valence-electron chi connectivity index (χ1n) is 7.64. The van der Waals surface area contributed by atoms with E-state index in [9.17, 15) is 0 Å². The van der Waals surface area contributed by atoms with Crippen molar-refractivity contribution in [3.05, 3.63) is 35.9 Å². The van der Waals surface area contributed by atoms with Crippen LogP contribution < -0.4 is 5.32 Å². The second-order valence-corrected chi connectivity index (χ2v) is 5.75. The van der Waals surface area contributed by atoms with Crippen molar-refractivity contribution in [2.24, 2.45) is 0 Å². The third-order valence-corrected chi connectivity index (χ3v) is 3.31. The highest BCUT2D eigenvalue weighted by atomic mass is 15.1. The molecule has 0 fully saturated rings. The molecule has 0 spiro atoms. The second kappa shape index (κ2) is 9.99. The van der Waals surface area contributed by atoms with Gasteiger partial charge < -0.3 is 10.2 Å². The molecule has 1 aromatic carbocycles. The summed E-state index contributed by atoms with van der Waals surface area (Å²) >= 11 is 0. The monoisotopic (exact) mass is 262 g/mol. The summed E-state index contributed by atoms with van der Waals surface area (Å²) in [6, 6.07) is 11.3. The van der Waals surface area contributed by atoms with Gasteiger partial charge in [0.05, 0.1) is 0 Å². The molecule has 2 nitrogen and oxygen atoms in total. The maximum absolute atomic E-state index is 3.47. The molecule has 0 heterocycles. The first-order chi connectivity index (χ1) is 9.18. The van der Waals surface area contributed by atoms with Crippen LogP contribution >= 0.6 is 0 Å². The Balaban J connectivity index is 1.97. The van der Waals surface area contributed by atoms with E-state index in [0.717, 1.165) is 13.1 Å². The fraction of sp³-hybridized carbons (Fsp3) is 0.647. The van der Waals surface area contributed by atoms with Gasteiger partial charge in [-0.2, -0.15) is 0 Å². The van der Waals surface area contributed by atoms with E-state index < -0.39 is 0 Å². The van der Waals surface area contributed by atoms with Crippen LogP contribution in [0, 0.1) is 0 Å².